The molecule has 5 aromatic rings. The Bertz CT molecular complexity index is 2520. The van der Waals surface area contributed by atoms with Gasteiger partial charge < -0.3 is 34.6 Å². The number of ether oxygens (including phenoxy) is 1. The zero-order valence-corrected chi connectivity index (χ0v) is 33.0. The highest BCUT2D eigenvalue weighted by atomic mass is 16.5. The van der Waals surface area contributed by atoms with Gasteiger partial charge in [-0.05, 0) is 66.8 Å². The maximum absolute atomic E-state index is 13.1. The first-order valence-corrected chi connectivity index (χ1v) is 19.5. The molecule has 0 spiro atoms. The molecule has 2 aliphatic heterocycles. The number of likely N-dealkylation sites (N-methyl/N-ethyl adjacent to an activating group) is 1. The summed E-state index contributed by atoms with van der Waals surface area (Å²) in [6.07, 6.45) is 2.90. The van der Waals surface area contributed by atoms with E-state index in [1.54, 1.807) is 42.3 Å². The van der Waals surface area contributed by atoms with Crippen LogP contribution in [0.1, 0.15) is 73.4 Å². The van der Waals surface area contributed by atoms with Crippen LogP contribution >= 0.6 is 0 Å². The fraction of sp³-hybridized carbons (Fsp3) is 0.357. The third-order valence-electron chi connectivity index (χ3n) is 10.8. The molecule has 2 aliphatic rings. The number of nitrogens with one attached hydrogen (secondary N) is 3. The van der Waals surface area contributed by atoms with Crippen LogP contribution in [0.15, 0.2) is 65.6 Å². The molecule has 59 heavy (non-hydrogen) atoms. The quantitative estimate of drug-likeness (QED) is 0.0762. The van der Waals surface area contributed by atoms with Crippen LogP contribution in [0, 0.1) is 0 Å². The average Bonchev–Trinajstić information content (AvgIpc) is 3.89. The number of phenols is 2. The first-order valence-electron chi connectivity index (χ1n) is 19.5. The maximum atomic E-state index is 13.1. The summed E-state index contributed by atoms with van der Waals surface area (Å²) in [6, 6.07) is 14.6. The summed E-state index contributed by atoms with van der Waals surface area (Å²) in [4.78, 5) is 78.6. The summed E-state index contributed by atoms with van der Waals surface area (Å²) < 4.78 is 9.25. The number of carbonyl (C=O) groups excluding carboxylic acids is 5. The number of benzene rings is 3. The van der Waals surface area contributed by atoms with Crippen molar-refractivity contribution in [3.8, 4) is 28.6 Å². The second kappa shape index (κ2) is 17.0. The van der Waals surface area contributed by atoms with Crippen LogP contribution < -0.4 is 16.3 Å². The van der Waals surface area contributed by atoms with Gasteiger partial charge in [-0.1, -0.05) is 19.9 Å². The Morgan fingerprint density at radius 3 is 2.59 bits per heavy atom. The van der Waals surface area contributed by atoms with E-state index in [0.29, 0.717) is 66.4 Å². The van der Waals surface area contributed by atoms with Crippen molar-refractivity contribution < 1.29 is 38.9 Å². The number of amides is 5. The van der Waals surface area contributed by atoms with Crippen LogP contribution in [0.2, 0.25) is 0 Å². The standard InChI is InChI=1S/C42H46N8O9/c1-24(2)28-21-29(35(52)22-34(28)51)39-45-46-42(58)50(39)26-10-11-32-25(20-26)14-15-48(32)17-19-59-18-16-47(3)38(55)9-5-8-36(53)43-31-7-4-6-27-30(31)23-49(41(27)57)33-12-13-37(54)44-40(33)56/h4,6-7,10-11,14-15,20-22,24,33,51-52H,5,8-9,12-13,16-19,23H2,1-3H3,(H,43,53)(H,46,58)(H,44,54,56). The molecular formula is C42H46N8O9. The minimum atomic E-state index is -0.756. The Morgan fingerprint density at radius 1 is 1.00 bits per heavy atom. The molecule has 1 atom stereocenters. The Kier molecular flexibility index (Phi) is 11.7. The Labute approximate surface area is 338 Å². The van der Waals surface area contributed by atoms with Crippen LogP contribution in [0.5, 0.6) is 11.5 Å². The highest BCUT2D eigenvalue weighted by Crippen LogP contribution is 2.38. The number of aromatic hydroxyl groups is 2. The van der Waals surface area contributed by atoms with E-state index in [0.717, 1.165) is 10.9 Å². The van der Waals surface area contributed by atoms with Crippen molar-refractivity contribution in [3.63, 3.8) is 0 Å². The van der Waals surface area contributed by atoms with Gasteiger partial charge in [0.05, 0.1) is 24.5 Å². The number of rotatable bonds is 15. The molecule has 0 saturated carbocycles. The third kappa shape index (κ3) is 8.46. The number of carbonyl (C=O) groups is 5. The van der Waals surface area contributed by atoms with Gasteiger partial charge in [0.15, 0.2) is 5.82 Å². The molecule has 0 aliphatic carbocycles. The van der Waals surface area contributed by atoms with Crippen molar-refractivity contribution in [1.29, 1.82) is 0 Å². The SMILES string of the molecule is CC(C)c1cc(-c2n[nH]c(=O)n2-c2ccc3c(ccn3CCOCCN(C)C(=O)CCCC(=O)Nc3cccc4c3CN(C3CCC(=O)NC3=O)C4=O)c2)c(O)cc1O. The topological polar surface area (TPSA) is 221 Å². The number of aromatic amines is 1. The smallest absolute Gasteiger partial charge is 0.348 e. The number of piperidine rings is 1. The van der Waals surface area contributed by atoms with Crippen molar-refractivity contribution in [2.75, 3.05) is 32.1 Å². The van der Waals surface area contributed by atoms with E-state index in [1.165, 1.54) is 15.5 Å². The molecular weight excluding hydrogens is 761 g/mol. The molecule has 1 fully saturated rings. The van der Waals surface area contributed by atoms with Crippen LogP contribution in [-0.4, -0.2) is 102 Å². The van der Waals surface area contributed by atoms with Crippen LogP contribution in [-0.2, 0) is 37.0 Å². The second-order valence-electron chi connectivity index (χ2n) is 15.1. The predicted molar refractivity (Wildman–Crippen MR) is 216 cm³/mol. The summed E-state index contributed by atoms with van der Waals surface area (Å²) in [5.74, 6) is -1.67. The number of hydrogen-bond donors (Lipinski definition) is 5. The fourth-order valence-electron chi connectivity index (χ4n) is 7.57. The molecule has 308 valence electrons. The van der Waals surface area contributed by atoms with E-state index in [2.05, 4.69) is 20.8 Å². The number of imide groups is 1. The third-order valence-corrected chi connectivity index (χ3v) is 10.8. The highest BCUT2D eigenvalue weighted by molar-refractivity contribution is 6.06. The van der Waals surface area contributed by atoms with E-state index < -0.39 is 17.6 Å². The maximum Gasteiger partial charge on any atom is 0.348 e. The first kappa shape index (κ1) is 40.4. The van der Waals surface area contributed by atoms with Crippen molar-refractivity contribution >= 4 is 46.1 Å². The summed E-state index contributed by atoms with van der Waals surface area (Å²) >= 11 is 0. The lowest BCUT2D eigenvalue weighted by molar-refractivity contribution is -0.137. The Morgan fingerprint density at radius 2 is 1.81 bits per heavy atom. The zero-order chi connectivity index (χ0) is 42.0. The Hall–Kier alpha value is -6.75. The van der Waals surface area contributed by atoms with E-state index in [-0.39, 0.29) is 79.1 Å². The zero-order valence-electron chi connectivity index (χ0n) is 33.0. The van der Waals surface area contributed by atoms with Crippen molar-refractivity contribution in [1.82, 2.24) is 34.4 Å². The molecule has 1 unspecified atom stereocenters. The van der Waals surface area contributed by atoms with Crippen molar-refractivity contribution in [2.45, 2.75) is 71.0 Å². The van der Waals surface area contributed by atoms with Crippen molar-refractivity contribution in [3.05, 3.63) is 88.0 Å². The summed E-state index contributed by atoms with van der Waals surface area (Å²) in [6.45, 7) is 5.58. The van der Waals surface area contributed by atoms with E-state index in [4.69, 9.17) is 4.74 Å². The monoisotopic (exact) mass is 806 g/mol. The van der Waals surface area contributed by atoms with Crippen LogP contribution in [0.3, 0.4) is 0 Å². The fourth-order valence-corrected chi connectivity index (χ4v) is 7.57. The van der Waals surface area contributed by atoms with Gasteiger partial charge in [-0.15, -0.1) is 0 Å². The highest BCUT2D eigenvalue weighted by Gasteiger charge is 2.40. The Balaban J connectivity index is 0.854. The number of aromatic nitrogens is 4. The van der Waals surface area contributed by atoms with Gasteiger partial charge in [0.1, 0.15) is 17.5 Å². The lowest BCUT2D eigenvalue weighted by atomic mass is 9.98. The van der Waals surface area contributed by atoms with Gasteiger partial charge in [0.2, 0.25) is 23.6 Å². The van der Waals surface area contributed by atoms with Gasteiger partial charge in [-0.25, -0.2) is 14.5 Å². The molecule has 0 radical (unpaired) electrons. The van der Waals surface area contributed by atoms with E-state index in [1.807, 2.05) is 42.8 Å². The van der Waals surface area contributed by atoms with Crippen LogP contribution in [0.4, 0.5) is 5.69 Å². The number of fused-ring (bicyclic) bond motifs is 2. The second-order valence-corrected chi connectivity index (χ2v) is 15.1. The van der Waals surface area contributed by atoms with Gasteiger partial charge in [-0.3, -0.25) is 29.3 Å². The molecule has 0 bridgehead atoms. The number of nitrogens with zero attached hydrogens (tertiary/aromatic N) is 5. The lowest BCUT2D eigenvalue weighted by Gasteiger charge is -2.29. The van der Waals surface area contributed by atoms with E-state index >= 15 is 0 Å². The van der Waals surface area contributed by atoms with Gasteiger partial charge in [0, 0.05) is 85.9 Å². The molecule has 7 rings (SSSR count). The van der Waals surface area contributed by atoms with Gasteiger partial charge >= 0.3 is 5.69 Å². The minimum absolute atomic E-state index is 0.0281. The molecule has 5 amide bonds. The number of H-pyrrole nitrogens is 1. The molecule has 17 heteroatoms. The molecule has 5 N–H and O–H groups in total. The lowest BCUT2D eigenvalue weighted by Crippen LogP contribution is -2.52. The normalized spacial score (nSPS) is 15.2. The number of anilines is 1. The van der Waals surface area contributed by atoms with Crippen LogP contribution in [0.25, 0.3) is 28.0 Å². The molecule has 2 aromatic heterocycles. The van der Waals surface area contributed by atoms with Gasteiger partial charge in [-0.2, -0.15) is 5.10 Å². The first-order chi connectivity index (χ1) is 28.3. The molecule has 1 saturated heterocycles. The average molecular weight is 807 g/mol. The summed E-state index contributed by atoms with van der Waals surface area (Å²) in [5.41, 5.74) is 3.39. The van der Waals surface area contributed by atoms with E-state index in [9.17, 15) is 39.0 Å². The molecule has 3 aromatic carbocycles. The summed E-state index contributed by atoms with van der Waals surface area (Å²) in [5, 5.41) is 33.6. The molecule has 17 nitrogen and oxygen atoms in total. The largest absolute Gasteiger partial charge is 0.508 e. The summed E-state index contributed by atoms with van der Waals surface area (Å²) in [7, 11) is 1.68. The predicted octanol–water partition coefficient (Wildman–Crippen LogP) is 3.76. The molecule has 4 heterocycles. The number of hydrogen-bond acceptors (Lipinski definition) is 10. The van der Waals surface area contributed by atoms with Crippen molar-refractivity contribution in [2.24, 2.45) is 0 Å². The number of phenolic OH excluding ortho intramolecular Hbond substituents is 2. The van der Waals surface area contributed by atoms with Gasteiger partial charge in [0.25, 0.3) is 5.91 Å². The minimum Gasteiger partial charge on any atom is -0.508 e.